The average Bonchev–Trinajstić information content (AvgIpc) is 3.14. The third kappa shape index (κ3) is 2.15. The summed E-state index contributed by atoms with van der Waals surface area (Å²) in [4.78, 5) is 0. The second kappa shape index (κ2) is 5.58. The molecular weight excluding hydrogens is 265 g/mol. The smallest absolute Gasteiger partial charge is 0.494 e. The average molecular weight is 280 g/mol. The van der Waals surface area contributed by atoms with E-state index in [0.717, 1.165) is 23.7 Å². The van der Waals surface area contributed by atoms with E-state index in [1.807, 2.05) is 35.1 Å². The molecule has 0 atom stereocenters. The highest BCUT2D eigenvalue weighted by Crippen LogP contribution is 2.32. The number of para-hydroxylation sites is 1. The van der Waals surface area contributed by atoms with Crippen molar-refractivity contribution >= 4 is 16.6 Å². The van der Waals surface area contributed by atoms with E-state index in [0.29, 0.717) is 0 Å². The number of hydrogen-bond donors (Lipinski definition) is 0. The van der Waals surface area contributed by atoms with Crippen LogP contribution in [-0.4, -0.2) is 31.0 Å². The summed E-state index contributed by atoms with van der Waals surface area (Å²) in [5, 5.41) is 4.35. The number of aromatic nitrogens is 3. The maximum atomic E-state index is 5.64. The molecule has 0 bridgehead atoms. The Morgan fingerprint density at radius 3 is 2.60 bits per heavy atom. The van der Waals surface area contributed by atoms with Crippen molar-refractivity contribution in [2.45, 2.75) is 13.3 Å². The first-order valence-electron chi connectivity index (χ1n) is 6.56. The van der Waals surface area contributed by atoms with Crippen LogP contribution in [0.1, 0.15) is 12.5 Å². The second-order valence-corrected chi connectivity index (χ2v) is 4.75. The van der Waals surface area contributed by atoms with Gasteiger partial charge in [-0.3, -0.25) is 4.57 Å². The van der Waals surface area contributed by atoms with Crippen molar-refractivity contribution in [1.29, 1.82) is 0 Å². The van der Waals surface area contributed by atoms with Crippen LogP contribution in [0, 0.1) is 0 Å². The molecule has 0 aliphatic rings. The largest absolute Gasteiger partial charge is 0.648 e. The standard InChI is InChI=1S/C15H15N3O.Al.H/c1-2-12-11-17(13-7-4-3-5-8-13)15(14(12)19)18-10-6-9-16-18;;/h3-11,19H,2H2,1H3;;/q;+1;/p-1. The van der Waals surface area contributed by atoms with E-state index in [9.17, 15) is 0 Å². The molecule has 0 saturated heterocycles. The highest BCUT2D eigenvalue weighted by molar-refractivity contribution is 6.00. The molecule has 0 amide bonds. The maximum absolute atomic E-state index is 5.64. The zero-order valence-corrected chi connectivity index (χ0v) is 12.8. The van der Waals surface area contributed by atoms with Gasteiger partial charge in [0.1, 0.15) is 5.75 Å². The lowest BCUT2D eigenvalue weighted by molar-refractivity contribution is 0.595. The van der Waals surface area contributed by atoms with Crippen molar-refractivity contribution in [3.05, 3.63) is 60.6 Å². The zero-order chi connectivity index (χ0) is 13.9. The first-order valence-corrected chi connectivity index (χ1v) is 7.14. The molecule has 20 heavy (non-hydrogen) atoms. The predicted molar refractivity (Wildman–Crippen MR) is 80.0 cm³/mol. The molecular formula is C15H15AlN3O. The van der Waals surface area contributed by atoms with E-state index in [-0.39, 0.29) is 0 Å². The van der Waals surface area contributed by atoms with E-state index in [1.54, 1.807) is 6.20 Å². The number of nitrogens with zero attached hydrogens (tertiary/aromatic N) is 3. The predicted octanol–water partition coefficient (Wildman–Crippen LogP) is 2.42. The summed E-state index contributed by atoms with van der Waals surface area (Å²) in [5.41, 5.74) is 2.27. The Morgan fingerprint density at radius 1 is 1.20 bits per heavy atom. The molecule has 0 aliphatic heterocycles. The monoisotopic (exact) mass is 280 g/mol. The fraction of sp³-hybridized carbons (Fsp3) is 0.133. The Labute approximate surface area is 126 Å². The SMILES string of the molecule is CCc1cn(-c2ccccc2)c(-n2cccn2)c1[O][AlH]. The van der Waals surface area contributed by atoms with Gasteiger partial charge in [-0.25, -0.2) is 4.68 Å². The molecule has 2 aromatic heterocycles. The lowest BCUT2D eigenvalue weighted by Gasteiger charge is -2.12. The van der Waals surface area contributed by atoms with Crippen LogP contribution in [0.15, 0.2) is 55.0 Å². The summed E-state index contributed by atoms with van der Waals surface area (Å²) in [6, 6.07) is 12.1. The molecule has 0 spiro atoms. The van der Waals surface area contributed by atoms with Crippen molar-refractivity contribution in [3.63, 3.8) is 0 Å². The minimum absolute atomic E-state index is 0.887. The molecule has 5 heteroatoms. The molecule has 0 aliphatic carbocycles. The van der Waals surface area contributed by atoms with Crippen LogP contribution in [0.2, 0.25) is 0 Å². The highest BCUT2D eigenvalue weighted by atomic mass is 27.1. The van der Waals surface area contributed by atoms with Gasteiger partial charge < -0.3 is 3.79 Å². The van der Waals surface area contributed by atoms with Gasteiger partial charge in [-0.1, -0.05) is 25.1 Å². The van der Waals surface area contributed by atoms with Crippen LogP contribution in [-0.2, 0) is 6.42 Å². The Kier molecular flexibility index (Phi) is 3.64. The van der Waals surface area contributed by atoms with Crippen molar-refractivity contribution in [3.8, 4) is 17.3 Å². The van der Waals surface area contributed by atoms with Crippen molar-refractivity contribution < 1.29 is 3.79 Å². The molecule has 4 nitrogen and oxygen atoms in total. The maximum Gasteiger partial charge on any atom is 0.494 e. The van der Waals surface area contributed by atoms with Gasteiger partial charge in [-0.05, 0) is 24.6 Å². The molecule has 0 fully saturated rings. The molecule has 3 rings (SSSR count). The number of hydrogen-bond acceptors (Lipinski definition) is 2. The minimum Gasteiger partial charge on any atom is -0.648 e. The van der Waals surface area contributed by atoms with E-state index in [1.165, 1.54) is 22.2 Å². The van der Waals surface area contributed by atoms with Crippen molar-refractivity contribution in [1.82, 2.24) is 14.3 Å². The Bertz CT molecular complexity index is 689. The van der Waals surface area contributed by atoms with E-state index >= 15 is 0 Å². The lowest BCUT2D eigenvalue weighted by Crippen LogP contribution is -2.05. The van der Waals surface area contributed by atoms with E-state index in [2.05, 4.69) is 34.9 Å². The molecule has 3 aromatic rings. The van der Waals surface area contributed by atoms with Crippen LogP contribution in [0.5, 0.6) is 5.75 Å². The Balaban J connectivity index is 2.26. The molecule has 99 valence electrons. The molecule has 0 saturated carbocycles. The van der Waals surface area contributed by atoms with Crippen LogP contribution >= 0.6 is 0 Å². The van der Waals surface area contributed by atoms with Gasteiger partial charge in [0.05, 0.1) is 0 Å². The summed E-state index contributed by atoms with van der Waals surface area (Å²) in [6.45, 7) is 2.13. The number of aryl methyl sites for hydroxylation is 1. The van der Waals surface area contributed by atoms with Gasteiger partial charge in [0.25, 0.3) is 0 Å². The van der Waals surface area contributed by atoms with Gasteiger partial charge in [0, 0.05) is 29.8 Å². The first kappa shape index (κ1) is 13.0. The normalized spacial score (nSPS) is 10.7. The number of benzene rings is 1. The topological polar surface area (TPSA) is 32.0 Å². The molecule has 1 radical (unpaired) electrons. The van der Waals surface area contributed by atoms with Crippen LogP contribution < -0.4 is 3.79 Å². The Hall–Kier alpha value is -1.96. The minimum atomic E-state index is 0.887. The van der Waals surface area contributed by atoms with Gasteiger partial charge in [0.2, 0.25) is 0 Å². The molecule has 2 heterocycles. The summed E-state index contributed by atoms with van der Waals surface area (Å²) in [6.07, 6.45) is 6.74. The summed E-state index contributed by atoms with van der Waals surface area (Å²) >= 11 is 1.50. The zero-order valence-electron chi connectivity index (χ0n) is 11.4. The van der Waals surface area contributed by atoms with Crippen molar-refractivity contribution in [2.75, 3.05) is 0 Å². The van der Waals surface area contributed by atoms with Gasteiger partial charge >= 0.3 is 16.6 Å². The Morgan fingerprint density at radius 2 is 2.00 bits per heavy atom. The quantitative estimate of drug-likeness (QED) is 0.687. The van der Waals surface area contributed by atoms with Crippen LogP contribution in [0.3, 0.4) is 0 Å². The van der Waals surface area contributed by atoms with Crippen LogP contribution in [0.4, 0.5) is 0 Å². The summed E-state index contributed by atoms with van der Waals surface area (Å²) in [5.74, 6) is 1.83. The molecule has 1 aromatic carbocycles. The summed E-state index contributed by atoms with van der Waals surface area (Å²) in [7, 11) is 0. The third-order valence-electron chi connectivity index (χ3n) is 3.29. The highest BCUT2D eigenvalue weighted by Gasteiger charge is 2.17. The number of rotatable bonds is 4. The first-order chi connectivity index (χ1) is 9.85. The fourth-order valence-electron chi connectivity index (χ4n) is 2.33. The summed E-state index contributed by atoms with van der Waals surface area (Å²) < 4.78 is 9.60. The third-order valence-corrected chi connectivity index (χ3v) is 3.58. The van der Waals surface area contributed by atoms with Gasteiger partial charge in [-0.2, -0.15) is 5.10 Å². The lowest BCUT2D eigenvalue weighted by atomic mass is 10.2. The second-order valence-electron chi connectivity index (χ2n) is 4.46. The van der Waals surface area contributed by atoms with Crippen LogP contribution in [0.25, 0.3) is 11.5 Å². The fourth-order valence-corrected chi connectivity index (χ4v) is 2.65. The van der Waals surface area contributed by atoms with Gasteiger partial charge in [-0.15, -0.1) is 0 Å². The van der Waals surface area contributed by atoms with Gasteiger partial charge in [0.15, 0.2) is 5.82 Å². The molecule has 0 N–H and O–H groups in total. The van der Waals surface area contributed by atoms with Crippen molar-refractivity contribution in [2.24, 2.45) is 0 Å². The molecule has 0 unspecified atom stereocenters. The van der Waals surface area contributed by atoms with E-state index in [4.69, 9.17) is 3.79 Å². The van der Waals surface area contributed by atoms with E-state index < -0.39 is 0 Å².